The zero-order valence-corrected chi connectivity index (χ0v) is 19.1. The molecule has 1 aromatic carbocycles. The van der Waals surface area contributed by atoms with Crippen molar-refractivity contribution in [2.24, 2.45) is 0 Å². The van der Waals surface area contributed by atoms with Gasteiger partial charge in [0, 0.05) is 12.6 Å². The van der Waals surface area contributed by atoms with Crippen molar-refractivity contribution in [2.75, 3.05) is 13.2 Å². The van der Waals surface area contributed by atoms with Gasteiger partial charge in [-0.1, -0.05) is 19.1 Å². The minimum absolute atomic E-state index is 0.0469. The molecular weight excluding hydrogens is 402 g/mol. The maximum atomic E-state index is 13.3. The molecule has 31 heavy (non-hydrogen) atoms. The molecule has 174 valence electrons. The lowest BCUT2D eigenvalue weighted by molar-refractivity contribution is -0.143. The number of rotatable bonds is 9. The quantitative estimate of drug-likeness (QED) is 0.468. The first-order valence-corrected chi connectivity index (χ1v) is 10.4. The molecule has 9 nitrogen and oxygen atoms in total. The summed E-state index contributed by atoms with van der Waals surface area (Å²) in [5.41, 5.74) is -0.369. The molecule has 0 spiro atoms. The lowest BCUT2D eigenvalue weighted by Gasteiger charge is -2.34. The molecule has 0 aliphatic heterocycles. The van der Waals surface area contributed by atoms with Crippen molar-refractivity contribution in [3.8, 4) is 5.75 Å². The van der Waals surface area contributed by atoms with Crippen molar-refractivity contribution >= 4 is 17.9 Å². The second-order valence-corrected chi connectivity index (χ2v) is 8.57. The van der Waals surface area contributed by atoms with Crippen molar-refractivity contribution < 1.29 is 29.3 Å². The van der Waals surface area contributed by atoms with E-state index in [0.29, 0.717) is 12.0 Å². The number of nitrogens with zero attached hydrogens (tertiary/aromatic N) is 1. The number of carbonyl (C=O) groups is 3. The average Bonchev–Trinajstić information content (AvgIpc) is 2.63. The zero-order valence-electron chi connectivity index (χ0n) is 19.1. The van der Waals surface area contributed by atoms with Crippen molar-refractivity contribution in [1.29, 1.82) is 0 Å². The van der Waals surface area contributed by atoms with Crippen LogP contribution in [-0.2, 0) is 14.3 Å². The van der Waals surface area contributed by atoms with Crippen LogP contribution in [0, 0.1) is 0 Å². The third-order valence-corrected chi connectivity index (χ3v) is 4.10. The Hall–Kier alpha value is -2.81. The fourth-order valence-electron chi connectivity index (χ4n) is 2.97. The molecule has 0 saturated heterocycles. The Morgan fingerprint density at radius 1 is 1.16 bits per heavy atom. The van der Waals surface area contributed by atoms with Crippen LogP contribution < -0.4 is 10.6 Å². The number of nitrogens with one attached hydrogen (secondary N) is 2. The SMILES string of the molecule is CCCN(C(=O)C(CO)NC(=O)OC(C)(C)C)C(C(=O)NC(C)C)c1cccc(O)c1. The highest BCUT2D eigenvalue weighted by atomic mass is 16.6. The zero-order chi connectivity index (χ0) is 23.8. The summed E-state index contributed by atoms with van der Waals surface area (Å²) in [7, 11) is 0. The summed E-state index contributed by atoms with van der Waals surface area (Å²) in [4.78, 5) is 39.8. The summed E-state index contributed by atoms with van der Waals surface area (Å²) < 4.78 is 5.18. The van der Waals surface area contributed by atoms with Crippen molar-refractivity contribution in [3.05, 3.63) is 29.8 Å². The molecule has 0 aromatic heterocycles. The molecule has 0 bridgehead atoms. The molecule has 0 fully saturated rings. The molecule has 0 heterocycles. The highest BCUT2D eigenvalue weighted by Gasteiger charge is 2.36. The third kappa shape index (κ3) is 8.45. The van der Waals surface area contributed by atoms with E-state index in [4.69, 9.17) is 4.74 Å². The molecule has 1 aromatic rings. The Morgan fingerprint density at radius 3 is 2.29 bits per heavy atom. The number of phenols is 1. The highest BCUT2D eigenvalue weighted by molar-refractivity contribution is 5.92. The van der Waals surface area contributed by atoms with Crippen LogP contribution in [0.4, 0.5) is 4.79 Å². The number of hydrogen-bond acceptors (Lipinski definition) is 6. The summed E-state index contributed by atoms with van der Waals surface area (Å²) in [5.74, 6) is -1.12. The first kappa shape index (κ1) is 26.2. The van der Waals surface area contributed by atoms with Gasteiger partial charge in [-0.05, 0) is 58.7 Å². The topological polar surface area (TPSA) is 128 Å². The minimum Gasteiger partial charge on any atom is -0.508 e. The van der Waals surface area contributed by atoms with Crippen LogP contribution in [-0.4, -0.2) is 63.9 Å². The van der Waals surface area contributed by atoms with E-state index in [9.17, 15) is 24.6 Å². The molecular formula is C22H35N3O6. The van der Waals surface area contributed by atoms with Gasteiger partial charge in [0.1, 0.15) is 23.4 Å². The fraction of sp³-hybridized carbons (Fsp3) is 0.591. The van der Waals surface area contributed by atoms with Crippen molar-refractivity contribution in [2.45, 2.75) is 71.7 Å². The minimum atomic E-state index is -1.30. The Bertz CT molecular complexity index is 760. The number of carbonyl (C=O) groups excluding carboxylic acids is 3. The maximum absolute atomic E-state index is 13.3. The van der Waals surface area contributed by atoms with Crippen LogP contribution in [0.15, 0.2) is 24.3 Å². The van der Waals surface area contributed by atoms with Crippen LogP contribution in [0.3, 0.4) is 0 Å². The Labute approximate surface area is 183 Å². The van der Waals surface area contributed by atoms with Gasteiger partial charge in [-0.15, -0.1) is 0 Å². The molecule has 0 aliphatic rings. The van der Waals surface area contributed by atoms with E-state index >= 15 is 0 Å². The number of phenolic OH excluding ortho intramolecular Hbond substituents is 1. The first-order chi connectivity index (χ1) is 14.4. The third-order valence-electron chi connectivity index (χ3n) is 4.10. The van der Waals surface area contributed by atoms with E-state index in [0.717, 1.165) is 0 Å². The summed E-state index contributed by atoms with van der Waals surface area (Å²) in [6.45, 7) is 10.00. The van der Waals surface area contributed by atoms with Crippen LogP contribution in [0.2, 0.25) is 0 Å². The smallest absolute Gasteiger partial charge is 0.408 e. The second kappa shape index (κ2) is 11.5. The van der Waals surface area contributed by atoms with Gasteiger partial charge in [0.05, 0.1) is 6.61 Å². The Balaban J connectivity index is 3.29. The lowest BCUT2D eigenvalue weighted by atomic mass is 10.0. The predicted octanol–water partition coefficient (Wildman–Crippen LogP) is 2.08. The Kier molecular flexibility index (Phi) is 9.77. The van der Waals surface area contributed by atoms with Crippen molar-refractivity contribution in [3.63, 3.8) is 0 Å². The van der Waals surface area contributed by atoms with Gasteiger partial charge in [-0.3, -0.25) is 9.59 Å². The number of benzene rings is 1. The van der Waals surface area contributed by atoms with Gasteiger partial charge in [0.25, 0.3) is 0 Å². The van der Waals surface area contributed by atoms with E-state index < -0.39 is 42.2 Å². The monoisotopic (exact) mass is 437 g/mol. The molecule has 2 unspecified atom stereocenters. The number of aromatic hydroxyl groups is 1. The van der Waals surface area contributed by atoms with Gasteiger partial charge < -0.3 is 30.5 Å². The van der Waals surface area contributed by atoms with Gasteiger partial charge in [-0.25, -0.2) is 4.79 Å². The predicted molar refractivity (Wildman–Crippen MR) is 116 cm³/mol. The molecule has 3 amide bonds. The molecule has 1 rings (SSSR count). The summed E-state index contributed by atoms with van der Waals surface area (Å²) in [5, 5.41) is 24.9. The average molecular weight is 438 g/mol. The second-order valence-electron chi connectivity index (χ2n) is 8.57. The lowest BCUT2D eigenvalue weighted by Crippen LogP contribution is -2.54. The van der Waals surface area contributed by atoms with E-state index in [1.807, 2.05) is 6.92 Å². The molecule has 0 aliphatic carbocycles. The van der Waals surface area contributed by atoms with Crippen LogP contribution in [0.5, 0.6) is 5.75 Å². The largest absolute Gasteiger partial charge is 0.508 e. The number of alkyl carbamates (subject to hydrolysis) is 1. The molecule has 4 N–H and O–H groups in total. The highest BCUT2D eigenvalue weighted by Crippen LogP contribution is 2.26. The number of hydrogen-bond donors (Lipinski definition) is 4. The van der Waals surface area contributed by atoms with Gasteiger partial charge in [0.2, 0.25) is 11.8 Å². The molecule has 0 radical (unpaired) electrons. The van der Waals surface area contributed by atoms with E-state index in [-0.39, 0.29) is 18.3 Å². The van der Waals surface area contributed by atoms with Crippen LogP contribution in [0.25, 0.3) is 0 Å². The van der Waals surface area contributed by atoms with Gasteiger partial charge in [-0.2, -0.15) is 0 Å². The van der Waals surface area contributed by atoms with Crippen LogP contribution in [0.1, 0.15) is 59.6 Å². The summed E-state index contributed by atoms with van der Waals surface area (Å²) >= 11 is 0. The number of amides is 3. The standard InChI is InChI=1S/C22H35N3O6/c1-7-11-25(20(29)17(13-26)24-21(30)31-22(4,5)6)18(19(28)23-14(2)3)15-9-8-10-16(27)12-15/h8-10,12,14,17-18,26-27H,7,11,13H2,1-6H3,(H,23,28)(H,24,30). The van der Waals surface area contributed by atoms with Gasteiger partial charge in [0.15, 0.2) is 0 Å². The number of aliphatic hydroxyl groups excluding tert-OH is 1. The fourth-order valence-corrected chi connectivity index (χ4v) is 2.97. The van der Waals surface area contributed by atoms with Crippen molar-refractivity contribution in [1.82, 2.24) is 15.5 Å². The Morgan fingerprint density at radius 2 is 1.81 bits per heavy atom. The molecule has 2 atom stereocenters. The van der Waals surface area contributed by atoms with E-state index in [1.54, 1.807) is 46.8 Å². The van der Waals surface area contributed by atoms with E-state index in [2.05, 4.69) is 10.6 Å². The van der Waals surface area contributed by atoms with Crippen LogP contribution >= 0.6 is 0 Å². The number of aliphatic hydroxyl groups is 1. The number of ether oxygens (including phenoxy) is 1. The normalized spacial score (nSPS) is 13.3. The van der Waals surface area contributed by atoms with E-state index in [1.165, 1.54) is 17.0 Å². The summed E-state index contributed by atoms with van der Waals surface area (Å²) in [6, 6.07) is 3.56. The maximum Gasteiger partial charge on any atom is 0.408 e. The molecule has 9 heteroatoms. The summed E-state index contributed by atoms with van der Waals surface area (Å²) in [6.07, 6.45) is -0.322. The molecule has 0 saturated carbocycles. The first-order valence-electron chi connectivity index (χ1n) is 10.4. The van der Waals surface area contributed by atoms with Gasteiger partial charge >= 0.3 is 6.09 Å².